The number of benzene rings is 1. The smallest absolute Gasteiger partial charge is 0.313 e. The van der Waals surface area contributed by atoms with E-state index in [1.54, 1.807) is 20.8 Å². The van der Waals surface area contributed by atoms with Crippen LogP contribution in [0.15, 0.2) is 30.3 Å². The van der Waals surface area contributed by atoms with Crippen molar-refractivity contribution in [3.8, 4) is 11.3 Å². The van der Waals surface area contributed by atoms with Crippen molar-refractivity contribution in [3.63, 3.8) is 0 Å². The molecule has 2 rings (SSSR count). The number of ketones is 2. The second-order valence-corrected chi connectivity index (χ2v) is 11.9. The van der Waals surface area contributed by atoms with Gasteiger partial charge in [-0.3, -0.25) is 14.4 Å². The predicted octanol–water partition coefficient (Wildman–Crippen LogP) is 4.71. The lowest BCUT2D eigenvalue weighted by Gasteiger charge is -2.20. The van der Waals surface area contributed by atoms with Crippen molar-refractivity contribution in [3.05, 3.63) is 47.4 Å². The first-order valence-electron chi connectivity index (χ1n) is 11.5. The summed E-state index contributed by atoms with van der Waals surface area (Å²) in [6.07, 6.45) is 2.62. The van der Waals surface area contributed by atoms with Crippen LogP contribution in [0.5, 0.6) is 0 Å². The number of hydrogen-bond acceptors (Lipinski definition) is 8. The number of esters is 1. The third-order valence-corrected chi connectivity index (χ3v) is 6.13. The molecule has 9 nitrogen and oxygen atoms in total. The number of nitrogens with zero attached hydrogens (tertiary/aromatic N) is 3. The minimum absolute atomic E-state index is 0. The minimum Gasteiger partial charge on any atom is -0.460 e. The molecular formula is C27H36FN3O6S. The van der Waals surface area contributed by atoms with E-state index in [2.05, 4.69) is 9.97 Å². The molecule has 0 saturated heterocycles. The molecule has 208 valence electrons. The van der Waals surface area contributed by atoms with Crippen LogP contribution in [0.2, 0.25) is 0 Å². The molecule has 0 bridgehead atoms. The molecule has 1 heterocycles. The van der Waals surface area contributed by atoms with Gasteiger partial charge in [0.15, 0.2) is 11.6 Å². The van der Waals surface area contributed by atoms with Crippen LogP contribution in [-0.4, -0.2) is 54.8 Å². The number of halogens is 1. The van der Waals surface area contributed by atoms with Crippen LogP contribution in [0.4, 0.5) is 10.3 Å². The Morgan fingerprint density at radius 2 is 1.66 bits per heavy atom. The second-order valence-electron chi connectivity index (χ2n) is 9.84. The fourth-order valence-corrected chi connectivity index (χ4v) is 3.60. The number of Topliss-reactive ketones (excluding diaryl/α,β-unsaturated/α-hetero) is 1. The molecule has 0 spiro atoms. The van der Waals surface area contributed by atoms with Crippen molar-refractivity contribution >= 4 is 39.6 Å². The number of carbonyl (C=O) groups is 3. The molecule has 0 atom stereocenters. The van der Waals surface area contributed by atoms with Gasteiger partial charge in [-0.1, -0.05) is 21.3 Å². The van der Waals surface area contributed by atoms with Crippen LogP contribution >= 0.6 is 0 Å². The highest BCUT2D eigenvalue weighted by Gasteiger charge is 2.23. The van der Waals surface area contributed by atoms with E-state index in [0.29, 0.717) is 16.8 Å². The number of anilines is 1. The summed E-state index contributed by atoms with van der Waals surface area (Å²) in [6, 6.07) is 5.44. The van der Waals surface area contributed by atoms with E-state index in [1.165, 1.54) is 43.5 Å². The monoisotopic (exact) mass is 549 g/mol. The molecular weight excluding hydrogens is 513 g/mol. The number of allylic oxidation sites excluding steroid dienone is 1. The zero-order valence-corrected chi connectivity index (χ0v) is 22.8. The Kier molecular flexibility index (Phi) is 11.0. The molecule has 1 aromatic heterocycles. The first-order chi connectivity index (χ1) is 17.0. The highest BCUT2D eigenvalue weighted by molar-refractivity contribution is 7.92. The predicted molar refractivity (Wildman–Crippen MR) is 146 cm³/mol. The van der Waals surface area contributed by atoms with Crippen LogP contribution in [0.3, 0.4) is 0 Å². The number of aromatic nitrogens is 2. The molecule has 0 aliphatic heterocycles. The van der Waals surface area contributed by atoms with Crippen molar-refractivity contribution in [1.82, 2.24) is 9.97 Å². The van der Waals surface area contributed by atoms with Gasteiger partial charge in [0.05, 0.1) is 24.1 Å². The van der Waals surface area contributed by atoms with Gasteiger partial charge >= 0.3 is 5.97 Å². The molecule has 0 aliphatic carbocycles. The highest BCUT2D eigenvalue weighted by Crippen LogP contribution is 2.31. The lowest BCUT2D eigenvalue weighted by Crippen LogP contribution is -2.27. The maximum Gasteiger partial charge on any atom is 0.313 e. The average molecular weight is 550 g/mol. The van der Waals surface area contributed by atoms with Gasteiger partial charge in [-0.05, 0) is 63.1 Å². The first kappa shape index (κ1) is 32.6. The molecule has 0 amide bonds. The largest absolute Gasteiger partial charge is 0.460 e. The molecule has 0 unspecified atom stereocenters. The molecule has 2 aromatic rings. The van der Waals surface area contributed by atoms with Gasteiger partial charge in [-0.25, -0.2) is 27.1 Å². The zero-order valence-electron chi connectivity index (χ0n) is 22.0. The summed E-state index contributed by atoms with van der Waals surface area (Å²) in [7, 11) is -2.36. The van der Waals surface area contributed by atoms with Crippen molar-refractivity contribution < 1.29 is 31.9 Å². The van der Waals surface area contributed by atoms with Crippen LogP contribution in [0, 0.1) is 5.82 Å². The summed E-state index contributed by atoms with van der Waals surface area (Å²) in [5, 5.41) is 0. The van der Waals surface area contributed by atoms with Gasteiger partial charge in [0.1, 0.15) is 17.8 Å². The van der Waals surface area contributed by atoms with E-state index in [0.717, 1.165) is 10.6 Å². The summed E-state index contributed by atoms with van der Waals surface area (Å²) >= 11 is 0. The van der Waals surface area contributed by atoms with Crippen molar-refractivity contribution in [2.24, 2.45) is 0 Å². The van der Waals surface area contributed by atoms with Crippen LogP contribution in [0.1, 0.15) is 72.1 Å². The van der Waals surface area contributed by atoms with Gasteiger partial charge in [0.2, 0.25) is 16.0 Å². The van der Waals surface area contributed by atoms with Gasteiger partial charge < -0.3 is 4.74 Å². The lowest BCUT2D eigenvalue weighted by atomic mass is 9.97. The Morgan fingerprint density at radius 1 is 1.08 bits per heavy atom. The third kappa shape index (κ3) is 9.44. The Morgan fingerprint density at radius 3 is 2.16 bits per heavy atom. The number of rotatable bonds is 10. The number of hydrogen-bond donors (Lipinski definition) is 0. The highest BCUT2D eigenvalue weighted by atomic mass is 32.2. The van der Waals surface area contributed by atoms with E-state index in [1.807, 2.05) is 13.8 Å². The first-order valence-corrected chi connectivity index (χ1v) is 13.4. The maximum atomic E-state index is 13.6. The summed E-state index contributed by atoms with van der Waals surface area (Å²) in [6.45, 7) is 8.70. The van der Waals surface area contributed by atoms with Crippen molar-refractivity contribution in [2.45, 2.75) is 66.4 Å². The molecule has 38 heavy (non-hydrogen) atoms. The fraction of sp³-hybridized carbons (Fsp3) is 0.444. The maximum absolute atomic E-state index is 13.6. The number of carbonyl (C=O) groups excluding carboxylic acids is 3. The third-order valence-electron chi connectivity index (χ3n) is 4.98. The molecule has 1 aromatic carbocycles. The standard InChI is InChI=1S/C26H32FN3O6S.CH4/c1-16(2)23-21(13-12-19(31)14-20(32)15-22(33)36-26(3,4)5)24(17-8-10-18(27)11-9-17)29-25(28-23)30(6)37(7,34)35;/h8-13,16H,14-15H2,1-7H3;1H4/b13-12+;. The molecule has 0 saturated carbocycles. The van der Waals surface area contributed by atoms with E-state index < -0.39 is 51.8 Å². The van der Waals surface area contributed by atoms with Crippen molar-refractivity contribution in [2.75, 3.05) is 17.6 Å². The Bertz CT molecular complexity index is 1310. The summed E-state index contributed by atoms with van der Waals surface area (Å²) < 4.78 is 43.9. The number of ether oxygens (including phenoxy) is 1. The van der Waals surface area contributed by atoms with Crippen LogP contribution in [-0.2, 0) is 29.1 Å². The van der Waals surface area contributed by atoms with Crippen molar-refractivity contribution in [1.29, 1.82) is 0 Å². The number of sulfonamides is 1. The van der Waals surface area contributed by atoms with Gasteiger partial charge in [-0.15, -0.1) is 0 Å². The zero-order chi connectivity index (χ0) is 28.1. The Labute approximate surface area is 224 Å². The Hall–Kier alpha value is -3.47. The van der Waals surface area contributed by atoms with Gasteiger partial charge in [-0.2, -0.15) is 0 Å². The van der Waals surface area contributed by atoms with E-state index >= 15 is 0 Å². The van der Waals surface area contributed by atoms with E-state index in [9.17, 15) is 27.2 Å². The SMILES string of the molecule is C.CC(C)c1nc(N(C)S(C)(=O)=O)nc(-c2ccc(F)cc2)c1/C=C/C(=O)CC(=O)CC(=O)OC(C)(C)C. The summed E-state index contributed by atoms with van der Waals surface area (Å²) in [4.78, 5) is 45.4. The van der Waals surface area contributed by atoms with E-state index in [4.69, 9.17) is 4.74 Å². The minimum atomic E-state index is -3.68. The second kappa shape index (κ2) is 12.9. The molecule has 0 radical (unpaired) electrons. The van der Waals surface area contributed by atoms with Gasteiger partial charge in [0.25, 0.3) is 0 Å². The van der Waals surface area contributed by atoms with Crippen LogP contribution in [0.25, 0.3) is 17.3 Å². The lowest BCUT2D eigenvalue weighted by molar-refractivity contribution is -0.156. The summed E-state index contributed by atoms with van der Waals surface area (Å²) in [5.41, 5.74) is 0.877. The molecule has 11 heteroatoms. The van der Waals surface area contributed by atoms with E-state index in [-0.39, 0.29) is 25.0 Å². The fourth-order valence-electron chi connectivity index (χ4n) is 3.23. The molecule has 0 N–H and O–H groups in total. The molecule has 0 fully saturated rings. The topological polar surface area (TPSA) is 124 Å². The quantitative estimate of drug-likeness (QED) is 0.237. The van der Waals surface area contributed by atoms with Gasteiger partial charge in [0, 0.05) is 18.2 Å². The Balaban J connectivity index is 0.00000722. The summed E-state index contributed by atoms with van der Waals surface area (Å²) in [5.74, 6) is -2.61. The van der Waals surface area contributed by atoms with Crippen LogP contribution < -0.4 is 4.31 Å². The molecule has 0 aliphatic rings. The average Bonchev–Trinajstić information content (AvgIpc) is 2.75. The normalized spacial score (nSPS) is 11.8.